The maximum absolute atomic E-state index is 9.20. The van der Waals surface area contributed by atoms with Gasteiger partial charge in [0.15, 0.2) is 0 Å². The molecule has 0 amide bonds. The van der Waals surface area contributed by atoms with Gasteiger partial charge in [0.25, 0.3) is 0 Å². The van der Waals surface area contributed by atoms with Gasteiger partial charge in [0.2, 0.25) is 0 Å². The standard InChI is InChI=1S/C13H19NO/c1-14-9-3-2-4-12(14)10-11-5-7-13(15)8-6-11/h5-8,12,15H,2-4,9-10H2,1H3/t12-/m0/s1. The number of likely N-dealkylation sites (N-methyl/N-ethyl adjacent to an activating group) is 1. The summed E-state index contributed by atoms with van der Waals surface area (Å²) in [5.41, 5.74) is 1.33. The summed E-state index contributed by atoms with van der Waals surface area (Å²) in [5, 5.41) is 9.20. The van der Waals surface area contributed by atoms with Crippen LogP contribution in [0.3, 0.4) is 0 Å². The van der Waals surface area contributed by atoms with Crippen LogP contribution in [0, 0.1) is 0 Å². The molecule has 15 heavy (non-hydrogen) atoms. The first kappa shape index (κ1) is 10.5. The van der Waals surface area contributed by atoms with Crippen LogP contribution < -0.4 is 0 Å². The van der Waals surface area contributed by atoms with Crippen molar-refractivity contribution in [2.45, 2.75) is 31.7 Å². The second kappa shape index (κ2) is 4.67. The molecule has 0 bridgehead atoms. The first-order valence-electron chi connectivity index (χ1n) is 5.74. The zero-order valence-corrected chi connectivity index (χ0v) is 9.32. The van der Waals surface area contributed by atoms with Crippen molar-refractivity contribution in [2.75, 3.05) is 13.6 Å². The van der Waals surface area contributed by atoms with E-state index >= 15 is 0 Å². The number of nitrogens with zero attached hydrogens (tertiary/aromatic N) is 1. The van der Waals surface area contributed by atoms with Crippen LogP contribution in [0.2, 0.25) is 0 Å². The fourth-order valence-corrected chi connectivity index (χ4v) is 2.31. The zero-order chi connectivity index (χ0) is 10.7. The van der Waals surface area contributed by atoms with Crippen LogP contribution in [0.25, 0.3) is 0 Å². The molecule has 2 nitrogen and oxygen atoms in total. The number of phenolic OH excluding ortho intramolecular Hbond substituents is 1. The second-order valence-electron chi connectivity index (χ2n) is 4.50. The Labute approximate surface area is 91.5 Å². The molecule has 0 spiro atoms. The lowest BCUT2D eigenvalue weighted by atomic mass is 9.96. The Balaban J connectivity index is 1.98. The lowest BCUT2D eigenvalue weighted by molar-refractivity contribution is 0.184. The molecule has 1 aliphatic rings. The highest BCUT2D eigenvalue weighted by Crippen LogP contribution is 2.20. The third-order valence-corrected chi connectivity index (χ3v) is 3.33. The van der Waals surface area contributed by atoms with Crippen molar-refractivity contribution in [3.05, 3.63) is 29.8 Å². The Morgan fingerprint density at radius 1 is 1.27 bits per heavy atom. The van der Waals surface area contributed by atoms with Crippen molar-refractivity contribution >= 4 is 0 Å². The molecule has 0 unspecified atom stereocenters. The van der Waals surface area contributed by atoms with E-state index in [9.17, 15) is 5.11 Å². The molecule has 0 saturated carbocycles. The molecule has 1 aromatic carbocycles. The summed E-state index contributed by atoms with van der Waals surface area (Å²) in [5.74, 6) is 0.357. The fourth-order valence-electron chi connectivity index (χ4n) is 2.31. The highest BCUT2D eigenvalue weighted by molar-refractivity contribution is 5.26. The summed E-state index contributed by atoms with van der Waals surface area (Å²) in [7, 11) is 2.21. The lowest BCUT2D eigenvalue weighted by Crippen LogP contribution is -2.37. The largest absolute Gasteiger partial charge is 0.508 e. The fraction of sp³-hybridized carbons (Fsp3) is 0.538. The molecule has 1 aliphatic heterocycles. The first-order valence-corrected chi connectivity index (χ1v) is 5.74. The zero-order valence-electron chi connectivity index (χ0n) is 9.32. The summed E-state index contributed by atoms with van der Waals surface area (Å²) in [6, 6.07) is 8.29. The third kappa shape index (κ3) is 2.72. The highest BCUT2D eigenvalue weighted by atomic mass is 16.3. The van der Waals surface area contributed by atoms with Crippen molar-refractivity contribution in [1.82, 2.24) is 4.90 Å². The molecule has 0 aromatic heterocycles. The molecule has 0 aliphatic carbocycles. The normalized spacial score (nSPS) is 22.9. The van der Waals surface area contributed by atoms with Crippen LogP contribution >= 0.6 is 0 Å². The Morgan fingerprint density at radius 3 is 2.67 bits per heavy atom. The minimum atomic E-state index is 0.357. The molecule has 0 radical (unpaired) electrons. The molecule has 82 valence electrons. The maximum atomic E-state index is 9.20. The number of piperidine rings is 1. The van der Waals surface area contributed by atoms with Gasteiger partial charge in [-0.05, 0) is 50.6 Å². The van der Waals surface area contributed by atoms with Crippen LogP contribution in [0.5, 0.6) is 5.75 Å². The van der Waals surface area contributed by atoms with E-state index in [4.69, 9.17) is 0 Å². The van der Waals surface area contributed by atoms with Gasteiger partial charge in [0.1, 0.15) is 5.75 Å². The Kier molecular flexibility index (Phi) is 3.27. The Bertz CT molecular complexity index is 307. The quantitative estimate of drug-likeness (QED) is 0.801. The van der Waals surface area contributed by atoms with Gasteiger partial charge in [-0.25, -0.2) is 0 Å². The third-order valence-electron chi connectivity index (χ3n) is 3.33. The summed E-state index contributed by atoms with van der Waals surface area (Å²) >= 11 is 0. The lowest BCUT2D eigenvalue weighted by Gasteiger charge is -2.32. The average molecular weight is 205 g/mol. The van der Waals surface area contributed by atoms with E-state index in [1.165, 1.54) is 31.4 Å². The molecule has 1 atom stereocenters. The number of phenols is 1. The predicted molar refractivity (Wildman–Crippen MR) is 62.1 cm³/mol. The molecule has 1 aromatic rings. The van der Waals surface area contributed by atoms with Crippen molar-refractivity contribution < 1.29 is 5.11 Å². The van der Waals surface area contributed by atoms with Crippen molar-refractivity contribution in [1.29, 1.82) is 0 Å². The highest BCUT2D eigenvalue weighted by Gasteiger charge is 2.18. The molecule has 1 heterocycles. The van der Waals surface area contributed by atoms with Crippen LogP contribution in [0.1, 0.15) is 24.8 Å². The summed E-state index contributed by atoms with van der Waals surface area (Å²) < 4.78 is 0. The second-order valence-corrected chi connectivity index (χ2v) is 4.50. The number of benzene rings is 1. The number of rotatable bonds is 2. The molecular formula is C13H19NO. The van der Waals surface area contributed by atoms with E-state index in [2.05, 4.69) is 11.9 Å². The van der Waals surface area contributed by atoms with Crippen LogP contribution in [0.15, 0.2) is 24.3 Å². The predicted octanol–water partition coefficient (Wildman–Crippen LogP) is 2.42. The van der Waals surface area contributed by atoms with E-state index in [0.717, 1.165) is 6.42 Å². The van der Waals surface area contributed by atoms with Crippen molar-refractivity contribution in [3.63, 3.8) is 0 Å². The van der Waals surface area contributed by atoms with Gasteiger partial charge in [0.05, 0.1) is 0 Å². The van der Waals surface area contributed by atoms with Crippen molar-refractivity contribution in [2.24, 2.45) is 0 Å². The van der Waals surface area contributed by atoms with E-state index in [-0.39, 0.29) is 0 Å². The smallest absolute Gasteiger partial charge is 0.115 e. The molecule has 2 rings (SSSR count). The topological polar surface area (TPSA) is 23.5 Å². The minimum absolute atomic E-state index is 0.357. The van der Waals surface area contributed by atoms with E-state index in [1.807, 2.05) is 12.1 Å². The number of hydrogen-bond acceptors (Lipinski definition) is 2. The van der Waals surface area contributed by atoms with Gasteiger partial charge in [0, 0.05) is 6.04 Å². The summed E-state index contributed by atoms with van der Waals surface area (Å²) in [6.45, 7) is 1.22. The minimum Gasteiger partial charge on any atom is -0.508 e. The van der Waals surface area contributed by atoms with Gasteiger partial charge < -0.3 is 10.0 Å². The molecule has 2 heteroatoms. The van der Waals surface area contributed by atoms with E-state index < -0.39 is 0 Å². The van der Waals surface area contributed by atoms with Crippen LogP contribution in [-0.2, 0) is 6.42 Å². The van der Waals surface area contributed by atoms with Crippen LogP contribution in [-0.4, -0.2) is 29.6 Å². The first-order chi connectivity index (χ1) is 7.25. The van der Waals surface area contributed by atoms with Gasteiger partial charge >= 0.3 is 0 Å². The number of hydrogen-bond donors (Lipinski definition) is 1. The molecule has 1 saturated heterocycles. The maximum Gasteiger partial charge on any atom is 0.115 e. The number of likely N-dealkylation sites (tertiary alicyclic amines) is 1. The van der Waals surface area contributed by atoms with Gasteiger partial charge in [-0.1, -0.05) is 18.6 Å². The Hall–Kier alpha value is -1.02. The van der Waals surface area contributed by atoms with Crippen molar-refractivity contribution in [3.8, 4) is 5.75 Å². The molecule has 1 fully saturated rings. The Morgan fingerprint density at radius 2 is 2.00 bits per heavy atom. The van der Waals surface area contributed by atoms with E-state index in [0.29, 0.717) is 11.8 Å². The van der Waals surface area contributed by atoms with Gasteiger partial charge in [-0.15, -0.1) is 0 Å². The summed E-state index contributed by atoms with van der Waals surface area (Å²) in [6.07, 6.45) is 5.10. The molecular weight excluding hydrogens is 186 g/mol. The SMILES string of the molecule is CN1CCCC[C@H]1Cc1ccc(O)cc1. The van der Waals surface area contributed by atoms with Crippen LogP contribution in [0.4, 0.5) is 0 Å². The van der Waals surface area contributed by atoms with E-state index in [1.54, 1.807) is 12.1 Å². The average Bonchev–Trinajstić information content (AvgIpc) is 2.25. The monoisotopic (exact) mass is 205 g/mol. The van der Waals surface area contributed by atoms with Gasteiger partial charge in [-0.2, -0.15) is 0 Å². The number of aromatic hydroxyl groups is 1. The summed E-state index contributed by atoms with van der Waals surface area (Å²) in [4.78, 5) is 2.45. The van der Waals surface area contributed by atoms with Gasteiger partial charge in [-0.3, -0.25) is 0 Å². The molecule has 1 N–H and O–H groups in total.